The van der Waals surface area contributed by atoms with Gasteiger partial charge in [-0.25, -0.2) is 9.07 Å². The molecule has 3 aromatic rings. The molecular formula is C23H27ClFN5O2. The number of benzene rings is 1. The molecule has 2 unspecified atom stereocenters. The average Bonchev–Trinajstić information content (AvgIpc) is 3.49. The minimum Gasteiger partial charge on any atom is -0.394 e. The maximum absolute atomic E-state index is 13.9. The van der Waals surface area contributed by atoms with E-state index in [1.54, 1.807) is 23.0 Å². The highest BCUT2D eigenvalue weighted by atomic mass is 35.5. The van der Waals surface area contributed by atoms with E-state index in [0.717, 1.165) is 55.5 Å². The van der Waals surface area contributed by atoms with Gasteiger partial charge in [-0.1, -0.05) is 19.9 Å². The Morgan fingerprint density at radius 3 is 2.81 bits per heavy atom. The molecule has 4 heterocycles. The molecule has 9 heteroatoms. The van der Waals surface area contributed by atoms with Crippen LogP contribution in [0.25, 0.3) is 11.0 Å². The number of anilines is 1. The van der Waals surface area contributed by atoms with Gasteiger partial charge in [0.25, 0.3) is 0 Å². The normalized spacial score (nSPS) is 23.2. The van der Waals surface area contributed by atoms with Gasteiger partial charge in [0.1, 0.15) is 11.6 Å². The second kappa shape index (κ2) is 8.24. The molecule has 1 aromatic carbocycles. The Hall–Kier alpha value is -2.29. The molecule has 0 radical (unpaired) electrons. The number of fused-ring (bicyclic) bond motifs is 3. The summed E-state index contributed by atoms with van der Waals surface area (Å²) in [6.45, 7) is 5.53. The third-order valence-electron chi connectivity index (χ3n) is 6.77. The maximum Gasteiger partial charge on any atom is 0.226 e. The topological polar surface area (TPSA) is 76.3 Å². The van der Waals surface area contributed by atoms with E-state index in [4.69, 9.17) is 16.3 Å². The monoisotopic (exact) mass is 459 g/mol. The third kappa shape index (κ3) is 3.36. The maximum atomic E-state index is 13.9. The summed E-state index contributed by atoms with van der Waals surface area (Å²) in [5, 5.41) is 14.8. The van der Waals surface area contributed by atoms with Gasteiger partial charge < -0.3 is 14.7 Å². The molecule has 7 nitrogen and oxygen atoms in total. The van der Waals surface area contributed by atoms with Gasteiger partial charge in [-0.15, -0.1) is 0 Å². The predicted molar refractivity (Wildman–Crippen MR) is 121 cm³/mol. The SMILES string of the molecule is CC.OCC1CCC(n2ncc3c(N4CC5(CCc6ccc(F)cc65)C4)nc(Cl)nc32)O1. The van der Waals surface area contributed by atoms with Crippen LogP contribution in [-0.2, 0) is 16.6 Å². The molecule has 2 aliphatic heterocycles. The van der Waals surface area contributed by atoms with E-state index in [9.17, 15) is 9.50 Å². The van der Waals surface area contributed by atoms with Crippen molar-refractivity contribution < 1.29 is 14.2 Å². The van der Waals surface area contributed by atoms with Crippen LogP contribution >= 0.6 is 11.6 Å². The molecule has 2 saturated heterocycles. The van der Waals surface area contributed by atoms with Crippen LogP contribution in [0.5, 0.6) is 0 Å². The molecule has 0 saturated carbocycles. The summed E-state index contributed by atoms with van der Waals surface area (Å²) >= 11 is 6.27. The van der Waals surface area contributed by atoms with Gasteiger partial charge in [0, 0.05) is 18.5 Å². The zero-order valence-electron chi connectivity index (χ0n) is 18.3. The number of hydrogen-bond acceptors (Lipinski definition) is 6. The first-order valence-corrected chi connectivity index (χ1v) is 11.6. The number of rotatable bonds is 3. The van der Waals surface area contributed by atoms with E-state index >= 15 is 0 Å². The van der Waals surface area contributed by atoms with E-state index in [0.29, 0.717) is 5.65 Å². The lowest BCUT2D eigenvalue weighted by atomic mass is 9.74. The van der Waals surface area contributed by atoms with Crippen molar-refractivity contribution >= 4 is 28.5 Å². The average molecular weight is 460 g/mol. The molecule has 0 bridgehead atoms. The Morgan fingerprint density at radius 1 is 1.25 bits per heavy atom. The van der Waals surface area contributed by atoms with Gasteiger partial charge in [0.05, 0.1) is 24.3 Å². The Bertz CT molecular complexity index is 1150. The second-order valence-electron chi connectivity index (χ2n) is 8.55. The Kier molecular flexibility index (Phi) is 5.55. The highest BCUT2D eigenvalue weighted by Gasteiger charge is 2.49. The fourth-order valence-corrected chi connectivity index (χ4v) is 5.43. The molecule has 32 heavy (non-hydrogen) atoms. The number of halogens is 2. The van der Waals surface area contributed by atoms with Crippen LogP contribution in [0.15, 0.2) is 24.4 Å². The highest BCUT2D eigenvalue weighted by molar-refractivity contribution is 6.28. The van der Waals surface area contributed by atoms with E-state index in [2.05, 4.69) is 20.0 Å². The molecule has 1 spiro atoms. The third-order valence-corrected chi connectivity index (χ3v) is 6.94. The van der Waals surface area contributed by atoms with E-state index in [1.807, 2.05) is 19.9 Å². The van der Waals surface area contributed by atoms with Crippen LogP contribution in [-0.4, -0.2) is 50.7 Å². The predicted octanol–water partition coefficient (Wildman–Crippen LogP) is 4.02. The molecule has 0 amide bonds. The van der Waals surface area contributed by atoms with Gasteiger partial charge in [0.2, 0.25) is 5.28 Å². The van der Waals surface area contributed by atoms with Crippen molar-refractivity contribution in [2.24, 2.45) is 0 Å². The zero-order chi connectivity index (χ0) is 22.5. The second-order valence-corrected chi connectivity index (χ2v) is 8.89. The number of nitrogens with zero attached hydrogens (tertiary/aromatic N) is 5. The lowest BCUT2D eigenvalue weighted by Crippen LogP contribution is -2.58. The quantitative estimate of drug-likeness (QED) is 0.596. The molecule has 3 aliphatic rings. The summed E-state index contributed by atoms with van der Waals surface area (Å²) in [4.78, 5) is 11.1. The number of ether oxygens (including phenoxy) is 1. The summed E-state index contributed by atoms with van der Waals surface area (Å²) < 4.78 is 21.5. The minimum atomic E-state index is -0.272. The number of aryl methyl sites for hydroxylation is 1. The number of aliphatic hydroxyl groups is 1. The first-order chi connectivity index (χ1) is 15.6. The molecule has 6 rings (SSSR count). The van der Waals surface area contributed by atoms with Crippen LogP contribution in [0, 0.1) is 5.82 Å². The van der Waals surface area contributed by atoms with Crippen LogP contribution in [0.3, 0.4) is 0 Å². The fourth-order valence-electron chi connectivity index (χ4n) is 5.27. The van der Waals surface area contributed by atoms with E-state index in [1.165, 1.54) is 5.56 Å². The number of hydrogen-bond donors (Lipinski definition) is 1. The van der Waals surface area contributed by atoms with Crippen molar-refractivity contribution in [2.75, 3.05) is 24.6 Å². The summed E-state index contributed by atoms with van der Waals surface area (Å²) in [5.41, 5.74) is 2.97. The van der Waals surface area contributed by atoms with Gasteiger partial charge in [-0.05, 0) is 60.5 Å². The highest BCUT2D eigenvalue weighted by Crippen LogP contribution is 2.48. The van der Waals surface area contributed by atoms with Crippen molar-refractivity contribution in [2.45, 2.75) is 57.3 Å². The van der Waals surface area contributed by atoms with Crippen LogP contribution in [0.1, 0.15) is 50.5 Å². The summed E-state index contributed by atoms with van der Waals surface area (Å²) in [6, 6.07) is 5.14. The molecule has 2 fully saturated rings. The summed E-state index contributed by atoms with van der Waals surface area (Å²) in [5.74, 6) is 0.573. The lowest BCUT2D eigenvalue weighted by molar-refractivity contribution is -0.0262. The molecular weight excluding hydrogens is 433 g/mol. The van der Waals surface area contributed by atoms with Gasteiger partial charge in [0.15, 0.2) is 11.9 Å². The van der Waals surface area contributed by atoms with E-state index < -0.39 is 0 Å². The van der Waals surface area contributed by atoms with Crippen molar-refractivity contribution in [3.63, 3.8) is 0 Å². The molecule has 1 aliphatic carbocycles. The van der Waals surface area contributed by atoms with E-state index in [-0.39, 0.29) is 35.5 Å². The standard InChI is InChI=1S/C21H21ClFN5O2.C2H6/c22-20-25-18(15-8-24-28(19(15)26-20)17-4-3-14(9-29)30-17)27-10-21(11-27)6-5-12-1-2-13(23)7-16(12)21;1-2/h1-2,7-8,14,17,29H,3-6,9-11H2;1-2H3. The van der Waals surface area contributed by atoms with Crippen LogP contribution in [0.4, 0.5) is 10.2 Å². The Morgan fingerprint density at radius 2 is 2.06 bits per heavy atom. The van der Waals surface area contributed by atoms with Crippen molar-refractivity contribution in [3.8, 4) is 0 Å². The molecule has 2 atom stereocenters. The lowest BCUT2D eigenvalue weighted by Gasteiger charge is -2.49. The first-order valence-electron chi connectivity index (χ1n) is 11.3. The Labute approximate surface area is 191 Å². The molecule has 1 N–H and O–H groups in total. The van der Waals surface area contributed by atoms with Crippen molar-refractivity contribution in [3.05, 3.63) is 46.6 Å². The van der Waals surface area contributed by atoms with Gasteiger partial charge in [-0.3, -0.25) is 0 Å². The number of aromatic nitrogens is 4. The van der Waals surface area contributed by atoms with Gasteiger partial charge in [-0.2, -0.15) is 15.1 Å². The van der Waals surface area contributed by atoms with Crippen molar-refractivity contribution in [1.29, 1.82) is 0 Å². The summed E-state index contributed by atoms with van der Waals surface area (Å²) in [7, 11) is 0. The molecule has 170 valence electrons. The van der Waals surface area contributed by atoms with Crippen molar-refractivity contribution in [1.82, 2.24) is 19.7 Å². The first kappa shape index (κ1) is 21.6. The largest absolute Gasteiger partial charge is 0.394 e. The summed E-state index contributed by atoms with van der Waals surface area (Å²) in [6.07, 6.45) is 4.83. The fraction of sp³-hybridized carbons (Fsp3) is 0.522. The smallest absolute Gasteiger partial charge is 0.226 e. The Balaban J connectivity index is 0.00000105. The zero-order valence-corrected chi connectivity index (χ0v) is 19.0. The molecule has 2 aromatic heterocycles. The number of aliphatic hydroxyl groups excluding tert-OH is 1. The minimum absolute atomic E-state index is 0.00534. The van der Waals surface area contributed by atoms with Crippen LogP contribution < -0.4 is 4.90 Å². The van der Waals surface area contributed by atoms with Gasteiger partial charge >= 0.3 is 0 Å². The van der Waals surface area contributed by atoms with Crippen LogP contribution in [0.2, 0.25) is 5.28 Å².